The van der Waals surface area contributed by atoms with Crippen LogP contribution < -0.4 is 5.32 Å². The molecule has 1 aromatic heterocycles. The van der Waals surface area contributed by atoms with Gasteiger partial charge in [0.1, 0.15) is 0 Å². The lowest BCUT2D eigenvalue weighted by Crippen LogP contribution is -2.37. The van der Waals surface area contributed by atoms with Crippen LogP contribution in [0.1, 0.15) is 31.2 Å². The first-order chi connectivity index (χ1) is 8.22. The van der Waals surface area contributed by atoms with Crippen molar-refractivity contribution in [1.29, 1.82) is 0 Å². The Kier molecular flexibility index (Phi) is 6.22. The summed E-state index contributed by atoms with van der Waals surface area (Å²) in [5, 5.41) is 5.34. The van der Waals surface area contributed by atoms with Gasteiger partial charge in [0.15, 0.2) is 0 Å². The topological polar surface area (TPSA) is 32.3 Å². The molecule has 0 unspecified atom stereocenters. The lowest BCUT2D eigenvalue weighted by Gasteiger charge is -2.18. The van der Waals surface area contributed by atoms with Crippen LogP contribution in [0.2, 0.25) is 0 Å². The Balaban J connectivity index is 2.35. The monoisotopic (exact) mass is 254 g/mol. The van der Waals surface area contributed by atoms with Crippen LogP contribution in [0.5, 0.6) is 0 Å². The smallest absolute Gasteiger partial charge is 0.236 e. The van der Waals surface area contributed by atoms with Crippen molar-refractivity contribution in [2.75, 3.05) is 19.6 Å². The van der Waals surface area contributed by atoms with Gasteiger partial charge in [-0.25, -0.2) is 0 Å². The molecule has 1 aromatic rings. The fraction of sp³-hybridized carbons (Fsp3) is 0.615. The number of thiophene rings is 1. The van der Waals surface area contributed by atoms with Gasteiger partial charge in [0, 0.05) is 24.5 Å². The summed E-state index contributed by atoms with van der Waals surface area (Å²) < 4.78 is 0. The first kappa shape index (κ1) is 14.2. The van der Waals surface area contributed by atoms with E-state index in [2.05, 4.69) is 23.7 Å². The van der Waals surface area contributed by atoms with Crippen LogP contribution in [0.4, 0.5) is 0 Å². The Bertz CT molecular complexity index is 345. The normalized spacial score (nSPS) is 10.5. The highest BCUT2D eigenvalue weighted by molar-refractivity contribution is 7.10. The number of rotatable bonds is 7. The molecule has 0 aliphatic heterocycles. The number of amides is 1. The predicted octanol–water partition coefficient (Wildman–Crippen LogP) is 2.27. The second-order valence-electron chi connectivity index (χ2n) is 3.89. The number of carbonyl (C=O) groups excluding carboxylic acids is 1. The Labute approximate surface area is 108 Å². The summed E-state index contributed by atoms with van der Waals surface area (Å²) in [4.78, 5) is 15.0. The molecule has 17 heavy (non-hydrogen) atoms. The maximum atomic E-state index is 11.8. The molecule has 4 heteroatoms. The minimum absolute atomic E-state index is 0.185. The molecule has 0 aliphatic carbocycles. The lowest BCUT2D eigenvalue weighted by molar-refractivity contribution is -0.129. The third-order valence-corrected chi connectivity index (χ3v) is 3.86. The summed E-state index contributed by atoms with van der Waals surface area (Å²) in [5.41, 5.74) is 1.39. The molecule has 1 heterocycles. The van der Waals surface area contributed by atoms with E-state index in [9.17, 15) is 4.79 Å². The van der Waals surface area contributed by atoms with E-state index in [4.69, 9.17) is 0 Å². The van der Waals surface area contributed by atoms with Crippen molar-refractivity contribution in [3.8, 4) is 0 Å². The summed E-state index contributed by atoms with van der Waals surface area (Å²) in [6, 6.07) is 2.16. The summed E-state index contributed by atoms with van der Waals surface area (Å²) in [5.74, 6) is 0.185. The molecular formula is C13H22N2OS. The van der Waals surface area contributed by atoms with Gasteiger partial charge in [-0.2, -0.15) is 0 Å². The predicted molar refractivity (Wildman–Crippen MR) is 73.3 cm³/mol. The van der Waals surface area contributed by atoms with Crippen molar-refractivity contribution in [2.45, 2.75) is 33.7 Å². The minimum atomic E-state index is 0.185. The van der Waals surface area contributed by atoms with Crippen molar-refractivity contribution in [1.82, 2.24) is 10.2 Å². The zero-order valence-electron chi connectivity index (χ0n) is 11.0. The van der Waals surface area contributed by atoms with Crippen LogP contribution in [0.3, 0.4) is 0 Å². The molecule has 0 aromatic carbocycles. The van der Waals surface area contributed by atoms with Crippen molar-refractivity contribution in [3.63, 3.8) is 0 Å². The fourth-order valence-corrected chi connectivity index (χ4v) is 2.75. The van der Waals surface area contributed by atoms with Crippen molar-refractivity contribution in [3.05, 3.63) is 21.9 Å². The molecule has 0 aliphatic rings. The second kappa shape index (κ2) is 7.45. The molecule has 1 amide bonds. The molecular weight excluding hydrogens is 232 g/mol. The highest BCUT2D eigenvalue weighted by atomic mass is 32.1. The molecule has 0 atom stereocenters. The highest BCUT2D eigenvalue weighted by Crippen LogP contribution is 2.16. The van der Waals surface area contributed by atoms with E-state index in [0.29, 0.717) is 6.54 Å². The number of hydrogen-bond acceptors (Lipinski definition) is 3. The Morgan fingerprint density at radius 2 is 2.06 bits per heavy atom. The Morgan fingerprint density at radius 1 is 1.35 bits per heavy atom. The number of likely N-dealkylation sites (N-methyl/N-ethyl adjacent to an activating group) is 1. The van der Waals surface area contributed by atoms with E-state index in [-0.39, 0.29) is 5.91 Å². The molecule has 96 valence electrons. The van der Waals surface area contributed by atoms with E-state index in [1.807, 2.05) is 18.7 Å². The second-order valence-corrected chi connectivity index (χ2v) is 4.89. The van der Waals surface area contributed by atoms with Crippen molar-refractivity contribution in [2.24, 2.45) is 0 Å². The van der Waals surface area contributed by atoms with E-state index >= 15 is 0 Å². The van der Waals surface area contributed by atoms with Gasteiger partial charge in [0.2, 0.25) is 5.91 Å². The Hall–Kier alpha value is -0.870. The van der Waals surface area contributed by atoms with Crippen LogP contribution in [0.25, 0.3) is 0 Å². The molecule has 1 rings (SSSR count). The minimum Gasteiger partial charge on any atom is -0.342 e. The zero-order valence-corrected chi connectivity index (χ0v) is 11.8. The summed E-state index contributed by atoms with van der Waals surface area (Å²) >= 11 is 1.76. The number of carbonyl (C=O) groups is 1. The molecule has 0 spiro atoms. The van der Waals surface area contributed by atoms with Gasteiger partial charge < -0.3 is 10.2 Å². The molecule has 0 saturated carbocycles. The zero-order chi connectivity index (χ0) is 12.7. The molecule has 0 saturated heterocycles. The quantitative estimate of drug-likeness (QED) is 0.809. The van der Waals surface area contributed by atoms with E-state index in [1.165, 1.54) is 10.4 Å². The van der Waals surface area contributed by atoms with Gasteiger partial charge in [-0.15, -0.1) is 11.3 Å². The van der Waals surface area contributed by atoms with Crippen molar-refractivity contribution >= 4 is 17.2 Å². The number of hydrogen-bond donors (Lipinski definition) is 1. The van der Waals surface area contributed by atoms with Crippen LogP contribution >= 0.6 is 11.3 Å². The number of nitrogens with zero attached hydrogens (tertiary/aromatic N) is 1. The summed E-state index contributed by atoms with van der Waals surface area (Å²) in [6.45, 7) is 8.99. The summed E-state index contributed by atoms with van der Waals surface area (Å²) in [7, 11) is 0. The number of nitrogens with one attached hydrogen (secondary N) is 1. The van der Waals surface area contributed by atoms with Crippen LogP contribution in [-0.2, 0) is 17.8 Å². The van der Waals surface area contributed by atoms with E-state index < -0.39 is 0 Å². The van der Waals surface area contributed by atoms with E-state index in [1.54, 1.807) is 11.3 Å². The molecule has 0 bridgehead atoms. The molecule has 0 radical (unpaired) electrons. The highest BCUT2D eigenvalue weighted by Gasteiger charge is 2.09. The number of aryl methyl sites for hydroxylation is 1. The van der Waals surface area contributed by atoms with Gasteiger partial charge in [0.05, 0.1) is 6.54 Å². The standard InChI is InChI=1S/C13H22N2OS/c1-4-11-7-8-17-12(11)9-14-10-13(16)15(5-2)6-3/h7-8,14H,4-6,9-10H2,1-3H3. The lowest BCUT2D eigenvalue weighted by atomic mass is 10.2. The summed E-state index contributed by atoms with van der Waals surface area (Å²) in [6.07, 6.45) is 1.06. The van der Waals surface area contributed by atoms with Gasteiger partial charge in [-0.05, 0) is 37.3 Å². The largest absolute Gasteiger partial charge is 0.342 e. The first-order valence-corrected chi connectivity index (χ1v) is 7.14. The molecule has 1 N–H and O–H groups in total. The van der Waals surface area contributed by atoms with E-state index in [0.717, 1.165) is 26.1 Å². The molecule has 3 nitrogen and oxygen atoms in total. The average Bonchev–Trinajstić information content (AvgIpc) is 2.78. The van der Waals surface area contributed by atoms with Crippen LogP contribution in [0, 0.1) is 0 Å². The van der Waals surface area contributed by atoms with Gasteiger partial charge in [-0.3, -0.25) is 4.79 Å². The van der Waals surface area contributed by atoms with Gasteiger partial charge in [0.25, 0.3) is 0 Å². The molecule has 0 fully saturated rings. The third-order valence-electron chi connectivity index (χ3n) is 2.90. The SMILES string of the molecule is CCc1ccsc1CNCC(=O)N(CC)CC. The van der Waals surface area contributed by atoms with Gasteiger partial charge >= 0.3 is 0 Å². The van der Waals surface area contributed by atoms with Crippen molar-refractivity contribution < 1.29 is 4.79 Å². The fourth-order valence-electron chi connectivity index (χ4n) is 1.81. The van der Waals surface area contributed by atoms with Crippen LogP contribution in [0.15, 0.2) is 11.4 Å². The van der Waals surface area contributed by atoms with Gasteiger partial charge in [-0.1, -0.05) is 6.92 Å². The third kappa shape index (κ3) is 4.13. The maximum absolute atomic E-state index is 11.8. The Morgan fingerprint density at radius 3 is 2.65 bits per heavy atom. The first-order valence-electron chi connectivity index (χ1n) is 6.26. The van der Waals surface area contributed by atoms with Crippen LogP contribution in [-0.4, -0.2) is 30.4 Å². The average molecular weight is 254 g/mol. The maximum Gasteiger partial charge on any atom is 0.236 e.